The van der Waals surface area contributed by atoms with Crippen LogP contribution in [0.2, 0.25) is 0 Å². The van der Waals surface area contributed by atoms with Gasteiger partial charge in [0.25, 0.3) is 0 Å². The summed E-state index contributed by atoms with van der Waals surface area (Å²) in [7, 11) is 0. The van der Waals surface area contributed by atoms with E-state index in [4.69, 9.17) is 21.1 Å². The summed E-state index contributed by atoms with van der Waals surface area (Å²) < 4.78 is 11.0. The number of hydrogen-bond donors (Lipinski definition) is 1. The Morgan fingerprint density at radius 3 is 1.54 bits per heavy atom. The number of hydrogen-bond acceptors (Lipinski definition) is 7. The third-order valence-corrected chi connectivity index (χ3v) is 10.5. The lowest BCUT2D eigenvalue weighted by Gasteiger charge is -2.29. The van der Waals surface area contributed by atoms with Crippen LogP contribution in [-0.4, -0.2) is 72.4 Å². The molecule has 2 saturated heterocycles. The van der Waals surface area contributed by atoms with Gasteiger partial charge in [-0.2, -0.15) is 0 Å². The summed E-state index contributed by atoms with van der Waals surface area (Å²) in [5.41, 5.74) is 4.05. The molecule has 11 heteroatoms. The number of halogens is 1. The molecule has 0 bridgehead atoms. The monoisotopic (exact) mass is 824 g/mol. The van der Waals surface area contributed by atoms with Gasteiger partial charge in [-0.3, -0.25) is 9.59 Å². The minimum atomic E-state index is -0.273. The highest BCUT2D eigenvalue weighted by Gasteiger charge is 2.27. The number of ether oxygens (including phenoxy) is 2. The topological polar surface area (TPSA) is 108 Å². The number of benzene rings is 4. The number of para-hydroxylation sites is 2. The van der Waals surface area contributed by atoms with Gasteiger partial charge in [0, 0.05) is 63.5 Å². The summed E-state index contributed by atoms with van der Waals surface area (Å²) in [6, 6.07) is 39.6. The highest BCUT2D eigenvalue weighted by molar-refractivity contribution is 6.63. The maximum atomic E-state index is 12.6. The SMILES string of the molecule is CCC(=O)Cl.CCC(=O)N(CC1CCCCN(C(=O)OCc2ccccc2)C1)c1ccccc1.O=C(OCc1ccccc1)N1CCCCC(CNc2ccccc2)C1. The molecule has 2 aliphatic heterocycles. The van der Waals surface area contributed by atoms with Gasteiger partial charge < -0.3 is 29.5 Å². The number of amides is 3. The molecule has 0 saturated carbocycles. The van der Waals surface area contributed by atoms with Gasteiger partial charge in [-0.1, -0.05) is 124 Å². The second-order valence-electron chi connectivity index (χ2n) is 14.8. The fourth-order valence-electron chi connectivity index (χ4n) is 6.95. The molecule has 6 rings (SSSR count). The Bertz CT molecular complexity index is 1800. The lowest BCUT2D eigenvalue weighted by molar-refractivity contribution is -0.118. The fraction of sp³-hybridized carbons (Fsp3) is 0.417. The molecule has 0 radical (unpaired) electrons. The van der Waals surface area contributed by atoms with Crippen LogP contribution in [0, 0.1) is 11.8 Å². The number of carbonyl (C=O) groups excluding carboxylic acids is 4. The van der Waals surface area contributed by atoms with E-state index in [1.165, 1.54) is 0 Å². The van der Waals surface area contributed by atoms with Crippen molar-refractivity contribution in [2.75, 3.05) is 49.5 Å². The van der Waals surface area contributed by atoms with Gasteiger partial charge in [0.1, 0.15) is 13.2 Å². The third-order valence-electron chi connectivity index (χ3n) is 10.2. The lowest BCUT2D eigenvalue weighted by atomic mass is 10.0. The van der Waals surface area contributed by atoms with Gasteiger partial charge in [-0.15, -0.1) is 0 Å². The normalized spacial score (nSPS) is 16.3. The number of carbonyl (C=O) groups is 4. The molecule has 316 valence electrons. The molecule has 0 spiro atoms. The first-order chi connectivity index (χ1) is 28.7. The molecule has 2 aliphatic rings. The third kappa shape index (κ3) is 17.6. The van der Waals surface area contributed by atoms with Gasteiger partial charge in [-0.25, -0.2) is 9.59 Å². The average molecular weight is 825 g/mol. The van der Waals surface area contributed by atoms with E-state index in [1.54, 1.807) is 11.8 Å². The van der Waals surface area contributed by atoms with Crippen LogP contribution in [-0.2, 0) is 32.3 Å². The highest BCUT2D eigenvalue weighted by Crippen LogP contribution is 2.23. The summed E-state index contributed by atoms with van der Waals surface area (Å²) in [4.78, 5) is 52.8. The van der Waals surface area contributed by atoms with Crippen LogP contribution >= 0.6 is 11.6 Å². The molecule has 3 amide bonds. The Labute approximate surface area is 355 Å². The molecule has 4 aromatic carbocycles. The Morgan fingerprint density at radius 1 is 0.627 bits per heavy atom. The number of anilines is 2. The van der Waals surface area contributed by atoms with Gasteiger partial charge in [-0.05, 0) is 84.5 Å². The predicted molar refractivity (Wildman–Crippen MR) is 236 cm³/mol. The first kappa shape index (κ1) is 46.3. The first-order valence-electron chi connectivity index (χ1n) is 21.0. The van der Waals surface area contributed by atoms with Crippen molar-refractivity contribution in [1.82, 2.24) is 9.80 Å². The number of nitrogens with zero attached hydrogens (tertiary/aromatic N) is 3. The summed E-state index contributed by atoms with van der Waals surface area (Å²) in [6.45, 7) is 8.60. The molecule has 10 nitrogen and oxygen atoms in total. The molecule has 2 unspecified atom stereocenters. The zero-order valence-electron chi connectivity index (χ0n) is 34.7. The summed E-state index contributed by atoms with van der Waals surface area (Å²) >= 11 is 4.82. The molecule has 2 heterocycles. The largest absolute Gasteiger partial charge is 0.445 e. The van der Waals surface area contributed by atoms with Crippen LogP contribution in [0.15, 0.2) is 121 Å². The quantitative estimate of drug-likeness (QED) is 0.142. The average Bonchev–Trinajstić information content (AvgIpc) is 3.69. The van der Waals surface area contributed by atoms with Crippen molar-refractivity contribution in [2.45, 2.75) is 78.4 Å². The molecular weight excluding hydrogens is 764 g/mol. The van der Waals surface area contributed by atoms with Crippen molar-refractivity contribution in [3.8, 4) is 0 Å². The Hall–Kier alpha value is -5.35. The van der Waals surface area contributed by atoms with E-state index < -0.39 is 0 Å². The van der Waals surface area contributed by atoms with Crippen molar-refractivity contribution < 1.29 is 28.7 Å². The minimum Gasteiger partial charge on any atom is -0.445 e. The van der Waals surface area contributed by atoms with Crippen LogP contribution in [0.25, 0.3) is 0 Å². The molecule has 0 aromatic heterocycles. The summed E-state index contributed by atoms with van der Waals surface area (Å²) in [6.07, 6.45) is 6.78. The fourth-order valence-corrected chi connectivity index (χ4v) is 6.95. The van der Waals surface area contributed by atoms with E-state index in [1.807, 2.05) is 126 Å². The van der Waals surface area contributed by atoms with Gasteiger partial charge >= 0.3 is 12.2 Å². The van der Waals surface area contributed by atoms with Crippen molar-refractivity contribution in [3.05, 3.63) is 132 Å². The molecule has 1 N–H and O–H groups in total. The maximum absolute atomic E-state index is 12.6. The smallest absolute Gasteiger partial charge is 0.410 e. The number of rotatable bonds is 12. The van der Waals surface area contributed by atoms with E-state index in [2.05, 4.69) is 17.4 Å². The van der Waals surface area contributed by atoms with Crippen LogP contribution in [0.1, 0.15) is 76.3 Å². The van der Waals surface area contributed by atoms with Crippen LogP contribution in [0.5, 0.6) is 0 Å². The van der Waals surface area contributed by atoms with E-state index in [0.29, 0.717) is 45.0 Å². The number of likely N-dealkylation sites (tertiary alicyclic amines) is 2. The molecule has 0 aliphatic carbocycles. The predicted octanol–water partition coefficient (Wildman–Crippen LogP) is 10.6. The first-order valence-corrected chi connectivity index (χ1v) is 21.4. The lowest BCUT2D eigenvalue weighted by Crippen LogP contribution is -2.41. The molecule has 4 aromatic rings. The van der Waals surface area contributed by atoms with Crippen molar-refractivity contribution in [2.24, 2.45) is 11.8 Å². The Balaban J connectivity index is 0.000000236. The zero-order valence-corrected chi connectivity index (χ0v) is 35.4. The molecule has 2 fully saturated rings. The standard InChI is InChI=1S/C24H30N2O3.C21H26N2O2.C3H5ClO/c1-2-23(27)26(22-14-7-4-8-15-22)18-21-13-9-10-16-25(17-21)24(28)29-19-20-11-5-3-6-12-20;24-21(25-17-18-9-3-1-4-10-18)23-14-8-7-11-19(16-23)15-22-20-12-5-2-6-13-20;1-2-3(4)5/h3-8,11-12,14-15,21H,2,9-10,13,16-19H2,1H3;1-6,9-10,12-13,19,22H,7-8,11,14-17H2;2H2,1H3. The minimum absolute atomic E-state index is 0.110. The van der Waals surface area contributed by atoms with Crippen molar-refractivity contribution in [3.63, 3.8) is 0 Å². The second-order valence-corrected chi connectivity index (χ2v) is 15.3. The highest BCUT2D eigenvalue weighted by atomic mass is 35.5. The Morgan fingerprint density at radius 2 is 1.07 bits per heavy atom. The van der Waals surface area contributed by atoms with E-state index >= 15 is 0 Å². The summed E-state index contributed by atoms with van der Waals surface area (Å²) in [5.74, 6) is 0.795. The Kier molecular flexibility index (Phi) is 20.9. The van der Waals surface area contributed by atoms with E-state index in [-0.39, 0.29) is 35.9 Å². The van der Waals surface area contributed by atoms with Crippen LogP contribution in [0.4, 0.5) is 21.0 Å². The zero-order chi connectivity index (χ0) is 42.1. The van der Waals surface area contributed by atoms with Gasteiger partial charge in [0.2, 0.25) is 11.1 Å². The van der Waals surface area contributed by atoms with E-state index in [9.17, 15) is 19.2 Å². The number of nitrogens with one attached hydrogen (secondary N) is 1. The second kappa shape index (κ2) is 26.6. The molecule has 59 heavy (non-hydrogen) atoms. The molecule has 2 atom stereocenters. The maximum Gasteiger partial charge on any atom is 0.410 e. The van der Waals surface area contributed by atoms with Crippen molar-refractivity contribution in [1.29, 1.82) is 0 Å². The van der Waals surface area contributed by atoms with Gasteiger partial charge in [0.15, 0.2) is 0 Å². The van der Waals surface area contributed by atoms with Crippen molar-refractivity contribution >= 4 is 46.3 Å². The summed E-state index contributed by atoms with van der Waals surface area (Å²) in [5, 5.41) is 3.21. The van der Waals surface area contributed by atoms with Crippen LogP contribution < -0.4 is 10.2 Å². The molecular formula is C48H61ClN4O6. The van der Waals surface area contributed by atoms with E-state index in [0.717, 1.165) is 80.7 Å². The van der Waals surface area contributed by atoms with Gasteiger partial charge in [0.05, 0.1) is 0 Å². The van der Waals surface area contributed by atoms with Crippen LogP contribution in [0.3, 0.4) is 0 Å².